The molecule has 1 N–H and O–H groups in total. The van der Waals surface area contributed by atoms with E-state index >= 15 is 0 Å². The van der Waals surface area contributed by atoms with Gasteiger partial charge in [-0.1, -0.05) is 13.8 Å². The number of nitrogens with zero attached hydrogens (tertiary/aromatic N) is 1. The Morgan fingerprint density at radius 2 is 1.83 bits per heavy atom. The van der Waals surface area contributed by atoms with Gasteiger partial charge in [-0.25, -0.2) is 0 Å². The van der Waals surface area contributed by atoms with E-state index < -0.39 is 0 Å². The Morgan fingerprint density at radius 3 is 2.25 bits per heavy atom. The van der Waals surface area contributed by atoms with Crippen LogP contribution in [0, 0.1) is 5.41 Å². The van der Waals surface area contributed by atoms with Gasteiger partial charge in [0, 0.05) is 26.2 Å². The maximum atomic E-state index is 3.19. The molecule has 1 aliphatic rings. The second kappa shape index (κ2) is 4.24. The van der Waals surface area contributed by atoms with Crippen molar-refractivity contribution in [3.05, 3.63) is 0 Å². The standard InChI is InChI=1S/C10H22N2/c1-4-10(5-2)8-12(9-10)7-6-11-3/h11H,4-9H2,1-3H3. The third-order valence-corrected chi connectivity index (χ3v) is 3.30. The first-order valence-corrected chi connectivity index (χ1v) is 5.13. The minimum absolute atomic E-state index is 0.674. The van der Waals surface area contributed by atoms with Crippen molar-refractivity contribution in [1.82, 2.24) is 10.2 Å². The molecule has 0 radical (unpaired) electrons. The van der Waals surface area contributed by atoms with E-state index in [1.807, 2.05) is 7.05 Å². The number of hydrogen-bond acceptors (Lipinski definition) is 2. The molecule has 0 aliphatic carbocycles. The lowest BCUT2D eigenvalue weighted by atomic mass is 9.75. The first-order valence-electron chi connectivity index (χ1n) is 5.13. The predicted molar refractivity (Wildman–Crippen MR) is 53.4 cm³/mol. The Hall–Kier alpha value is -0.0800. The van der Waals surface area contributed by atoms with Crippen LogP contribution in [0.4, 0.5) is 0 Å². The summed E-state index contributed by atoms with van der Waals surface area (Å²) in [7, 11) is 2.02. The Labute approximate surface area is 76.3 Å². The van der Waals surface area contributed by atoms with Crippen LogP contribution in [0.1, 0.15) is 26.7 Å². The molecule has 72 valence electrons. The lowest BCUT2D eigenvalue weighted by molar-refractivity contribution is -0.00434. The van der Waals surface area contributed by atoms with Gasteiger partial charge in [-0.2, -0.15) is 0 Å². The predicted octanol–water partition coefficient (Wildman–Crippen LogP) is 1.33. The molecule has 0 amide bonds. The highest BCUT2D eigenvalue weighted by Gasteiger charge is 2.38. The molecule has 0 saturated carbocycles. The molecule has 0 atom stereocenters. The van der Waals surface area contributed by atoms with Crippen molar-refractivity contribution in [3.63, 3.8) is 0 Å². The van der Waals surface area contributed by atoms with Gasteiger partial charge in [0.05, 0.1) is 0 Å². The van der Waals surface area contributed by atoms with Gasteiger partial charge in [0.1, 0.15) is 0 Å². The molecular formula is C10H22N2. The van der Waals surface area contributed by atoms with Gasteiger partial charge < -0.3 is 10.2 Å². The third kappa shape index (κ3) is 1.99. The zero-order valence-corrected chi connectivity index (χ0v) is 8.69. The van der Waals surface area contributed by atoms with Crippen LogP contribution < -0.4 is 5.32 Å². The topological polar surface area (TPSA) is 15.3 Å². The van der Waals surface area contributed by atoms with Crippen LogP contribution in [0.3, 0.4) is 0 Å². The van der Waals surface area contributed by atoms with Gasteiger partial charge in [0.25, 0.3) is 0 Å². The number of likely N-dealkylation sites (tertiary alicyclic amines) is 1. The first kappa shape index (κ1) is 10.0. The van der Waals surface area contributed by atoms with Crippen LogP contribution in [-0.2, 0) is 0 Å². The molecule has 0 bridgehead atoms. The Balaban J connectivity index is 2.16. The minimum atomic E-state index is 0.674. The zero-order valence-electron chi connectivity index (χ0n) is 8.69. The smallest absolute Gasteiger partial charge is 0.0107 e. The van der Waals surface area contributed by atoms with Gasteiger partial charge in [-0.3, -0.25) is 0 Å². The van der Waals surface area contributed by atoms with Crippen molar-refractivity contribution in [2.75, 3.05) is 33.2 Å². The summed E-state index contributed by atoms with van der Waals surface area (Å²) in [5.41, 5.74) is 0.674. The molecular weight excluding hydrogens is 148 g/mol. The summed E-state index contributed by atoms with van der Waals surface area (Å²) >= 11 is 0. The lowest BCUT2D eigenvalue weighted by Crippen LogP contribution is -2.56. The van der Waals surface area contributed by atoms with Crippen LogP contribution in [0.15, 0.2) is 0 Å². The summed E-state index contributed by atoms with van der Waals surface area (Å²) in [5.74, 6) is 0. The van der Waals surface area contributed by atoms with Gasteiger partial charge in [-0.15, -0.1) is 0 Å². The molecule has 0 spiro atoms. The monoisotopic (exact) mass is 170 g/mol. The first-order chi connectivity index (χ1) is 5.76. The normalized spacial score (nSPS) is 22.2. The van der Waals surface area contributed by atoms with Crippen LogP contribution in [0.5, 0.6) is 0 Å². The largest absolute Gasteiger partial charge is 0.318 e. The van der Waals surface area contributed by atoms with Crippen LogP contribution in [-0.4, -0.2) is 38.1 Å². The summed E-state index contributed by atoms with van der Waals surface area (Å²) in [6, 6.07) is 0. The maximum absolute atomic E-state index is 3.19. The van der Waals surface area contributed by atoms with Gasteiger partial charge in [-0.05, 0) is 25.3 Å². The fraction of sp³-hybridized carbons (Fsp3) is 1.00. The molecule has 1 fully saturated rings. The SMILES string of the molecule is CCC1(CC)CN(CCNC)C1. The van der Waals surface area contributed by atoms with Crippen LogP contribution in [0.2, 0.25) is 0 Å². The van der Waals surface area contributed by atoms with Crippen LogP contribution in [0.25, 0.3) is 0 Å². The van der Waals surface area contributed by atoms with E-state index in [4.69, 9.17) is 0 Å². The summed E-state index contributed by atoms with van der Waals surface area (Å²) in [6.07, 6.45) is 2.69. The van der Waals surface area contributed by atoms with Gasteiger partial charge >= 0.3 is 0 Å². The summed E-state index contributed by atoms with van der Waals surface area (Å²) < 4.78 is 0. The van der Waals surface area contributed by atoms with Gasteiger partial charge in [0.2, 0.25) is 0 Å². The molecule has 1 saturated heterocycles. The Kier molecular flexibility index (Phi) is 3.53. The average molecular weight is 170 g/mol. The van der Waals surface area contributed by atoms with Crippen LogP contribution >= 0.6 is 0 Å². The van der Waals surface area contributed by atoms with E-state index in [1.165, 1.54) is 32.5 Å². The van der Waals surface area contributed by atoms with E-state index in [9.17, 15) is 0 Å². The molecule has 0 unspecified atom stereocenters. The molecule has 2 heteroatoms. The fourth-order valence-electron chi connectivity index (χ4n) is 2.03. The third-order valence-electron chi connectivity index (χ3n) is 3.30. The number of likely N-dealkylation sites (N-methyl/N-ethyl adjacent to an activating group) is 1. The number of rotatable bonds is 5. The average Bonchev–Trinajstić information content (AvgIpc) is 2.04. The van der Waals surface area contributed by atoms with E-state index in [0.717, 1.165) is 6.54 Å². The van der Waals surface area contributed by atoms with E-state index in [-0.39, 0.29) is 0 Å². The highest BCUT2D eigenvalue weighted by Crippen LogP contribution is 2.36. The van der Waals surface area contributed by atoms with Crippen molar-refractivity contribution in [2.24, 2.45) is 5.41 Å². The highest BCUT2D eigenvalue weighted by atomic mass is 15.2. The summed E-state index contributed by atoms with van der Waals surface area (Å²) in [6.45, 7) is 9.63. The maximum Gasteiger partial charge on any atom is 0.0107 e. The molecule has 12 heavy (non-hydrogen) atoms. The zero-order chi connectivity index (χ0) is 9.03. The quantitative estimate of drug-likeness (QED) is 0.669. The van der Waals surface area contributed by atoms with Crippen molar-refractivity contribution >= 4 is 0 Å². The highest BCUT2D eigenvalue weighted by molar-refractivity contribution is 4.92. The molecule has 0 aromatic heterocycles. The van der Waals surface area contributed by atoms with Crippen molar-refractivity contribution in [3.8, 4) is 0 Å². The summed E-state index contributed by atoms with van der Waals surface area (Å²) in [5, 5.41) is 3.19. The molecule has 2 nitrogen and oxygen atoms in total. The fourth-order valence-corrected chi connectivity index (χ4v) is 2.03. The lowest BCUT2D eigenvalue weighted by Gasteiger charge is -2.50. The van der Waals surface area contributed by atoms with Crippen molar-refractivity contribution in [1.29, 1.82) is 0 Å². The molecule has 0 aromatic carbocycles. The van der Waals surface area contributed by atoms with E-state index in [2.05, 4.69) is 24.1 Å². The van der Waals surface area contributed by atoms with Crippen molar-refractivity contribution in [2.45, 2.75) is 26.7 Å². The van der Waals surface area contributed by atoms with E-state index in [1.54, 1.807) is 0 Å². The second-order valence-corrected chi connectivity index (χ2v) is 4.02. The Morgan fingerprint density at radius 1 is 1.25 bits per heavy atom. The van der Waals surface area contributed by atoms with E-state index in [0.29, 0.717) is 5.41 Å². The number of nitrogens with one attached hydrogen (secondary N) is 1. The second-order valence-electron chi connectivity index (χ2n) is 4.02. The number of hydrogen-bond donors (Lipinski definition) is 1. The molecule has 1 heterocycles. The van der Waals surface area contributed by atoms with Gasteiger partial charge in [0.15, 0.2) is 0 Å². The Bertz CT molecular complexity index is 122. The summed E-state index contributed by atoms with van der Waals surface area (Å²) in [4.78, 5) is 2.55. The molecule has 0 aromatic rings. The minimum Gasteiger partial charge on any atom is -0.318 e. The van der Waals surface area contributed by atoms with Crippen molar-refractivity contribution < 1.29 is 0 Å². The molecule has 1 rings (SSSR count). The molecule has 1 aliphatic heterocycles.